The Morgan fingerprint density at radius 3 is 1.14 bits per heavy atom. The first-order valence-electron chi connectivity index (χ1n) is 47.3. The predicted octanol–water partition coefficient (Wildman–Crippen LogP) is 18.0. The number of carboxylic acid groups (broad SMARTS) is 1. The number of hydrogen-bond donors (Lipinski definition) is 6. The Morgan fingerprint density at radius 1 is 0.432 bits per heavy atom. The van der Waals surface area contributed by atoms with Crippen molar-refractivity contribution in [1.82, 2.24) is 83.2 Å². The molecule has 3 saturated heterocycles. The van der Waals surface area contributed by atoms with Gasteiger partial charge in [0, 0.05) is 68.0 Å². The number of likely N-dealkylation sites (tertiary alicyclic amines) is 3. The Kier molecular flexibility index (Phi) is 39.0. The maximum atomic E-state index is 13.6. The molecule has 0 aliphatic carbocycles. The Morgan fingerprint density at radius 2 is 0.781 bits per heavy atom. The van der Waals surface area contributed by atoms with Crippen LogP contribution in [0.4, 0.5) is 10.3 Å². The number of anilines is 2. The zero-order valence-corrected chi connectivity index (χ0v) is 88.5. The van der Waals surface area contributed by atoms with Crippen molar-refractivity contribution >= 4 is 162 Å². The molecule has 4 atom stereocenters. The molecule has 3 aliphatic heterocycles. The molecule has 2 radical (unpaired) electrons. The summed E-state index contributed by atoms with van der Waals surface area (Å²) in [6.45, 7) is 16.3. The van der Waals surface area contributed by atoms with Crippen LogP contribution in [0.25, 0.3) is 66.4 Å². The molecule has 7 N–H and O–H groups in total. The molecule has 30 nitrogen and oxygen atoms in total. The Balaban J connectivity index is 0.000000150. The number of carbonyl (C=O) groups is 4. The van der Waals surface area contributed by atoms with Crippen LogP contribution < -0.4 is 38.8 Å². The van der Waals surface area contributed by atoms with Gasteiger partial charge in [0.1, 0.15) is 25.7 Å². The number of thiazole rings is 2. The van der Waals surface area contributed by atoms with Gasteiger partial charge in [-0.2, -0.15) is 0 Å². The molecular weight excluding hydrogens is 2080 g/mol. The summed E-state index contributed by atoms with van der Waals surface area (Å²) in [5.41, 5.74) is 16.5. The first kappa shape index (κ1) is 110. The number of fused-ring (bicyclic) bond motifs is 4. The number of benzene rings is 7. The van der Waals surface area contributed by atoms with E-state index in [9.17, 15) is 43.5 Å². The normalized spacial score (nSPS) is 14.5. The van der Waals surface area contributed by atoms with Crippen LogP contribution in [0.2, 0.25) is 0 Å². The first-order valence-corrected chi connectivity index (χ1v) is 51.5. The number of nitrogens with one attached hydrogen (secondary N) is 2. The number of H-pyrrole nitrogens is 1. The van der Waals surface area contributed by atoms with Crippen molar-refractivity contribution in [2.75, 3.05) is 71.5 Å². The number of amides is 1. The number of carboxylic acids is 1. The van der Waals surface area contributed by atoms with Crippen LogP contribution in [0, 0.1) is 0 Å². The summed E-state index contributed by atoms with van der Waals surface area (Å²) in [5, 5.41) is 35.5. The van der Waals surface area contributed by atoms with Gasteiger partial charge in [-0.15, -0.1) is 22.7 Å². The average Bonchev–Trinajstić information content (AvgIpc) is 1.02. The van der Waals surface area contributed by atoms with Crippen molar-refractivity contribution < 1.29 is 34.5 Å². The lowest BCUT2D eigenvalue weighted by Gasteiger charge is -2.31. The summed E-state index contributed by atoms with van der Waals surface area (Å²) in [6, 6.07) is 66.5. The number of Topliss-reactive ketones (excluding diaryl/α,β-unsaturated/α-hetero) is 2. The molecule has 0 saturated carbocycles. The van der Waals surface area contributed by atoms with Gasteiger partial charge in [-0.05, 0) is 264 Å². The van der Waals surface area contributed by atoms with Crippen LogP contribution >= 0.6 is 70.5 Å². The number of halogens is 3. The largest absolute Gasteiger partial charge is 0.479 e. The summed E-state index contributed by atoms with van der Waals surface area (Å²) in [7, 11) is 12.2. The molecular formula is C110H113BBr3N19O11S2. The average molecular weight is 2190 g/mol. The fourth-order valence-electron chi connectivity index (χ4n) is 16.4. The standard InChI is InChI=1S/C30H28N6O2S.C27H26N4O3.C16H12BrN3O2.C12H16BN.C9H9BrO.C7H4BrN3O.C6H14O2.C3H4N2S/c1-35-14-11-22(12-15-35)20-7-9-21(10-8-20)24-17-25-26(32-18-24)29(38)36(19-33-25)27(23-5-3-2-4-6-23)28(37)34-30-31-13-16-39-30;1-30-13-11-20(12-14-30)18-7-9-19(10-8-18)22-15-23-24(28-16-22)26(32)31(17-29-23)25(27(33)34)21-5-3-2-4-6-21;1-10(21)15(11-5-3-2-4-6-11)20-9-19-13-7-12(17)8-18-14(13)16(20)22;1-14-8-6-11(7-9-14)10-2-4-12(13)5-3-10;1-7(11)9(10)8-5-3-2-4-6-8;8-4-1-5-6(9-2-4)7(12)11-3-10-5;1-5(2,7)6(3,4)8;4-3-5-1-2-6-3/h2-10,13,16-19,22,27H,11-12,14-15H2,1H3,(H,31,34,37);2-10,15-17,20,25H,11-14H2,1H3,(H,33,34);2-9,15H,1H3;2-5,11H,6-9H2,1H3;2-6,9H,1H3;1-3H,(H,10,11,12);7-8H,1-4H3;1-2H,(H2,4,5). The molecule has 0 bridgehead atoms. The summed E-state index contributed by atoms with van der Waals surface area (Å²) in [5.74, 6) is 0.424. The van der Waals surface area contributed by atoms with Crippen molar-refractivity contribution in [1.29, 1.82) is 0 Å². The van der Waals surface area contributed by atoms with Crippen LogP contribution in [0.1, 0.15) is 160 Å². The molecule has 20 rings (SSSR count). The van der Waals surface area contributed by atoms with Gasteiger partial charge in [-0.3, -0.25) is 52.6 Å². The van der Waals surface area contributed by atoms with Crippen molar-refractivity contribution in [3.8, 4) is 22.3 Å². The number of carbonyl (C=O) groups excluding carboxylic acids is 3. The highest BCUT2D eigenvalue weighted by atomic mass is 79.9. The quantitative estimate of drug-likeness (QED) is 0.0343. The molecule has 36 heteroatoms. The topological polar surface area (TPSA) is 404 Å². The van der Waals surface area contributed by atoms with Crippen molar-refractivity contribution in [3.05, 3.63) is 381 Å². The van der Waals surface area contributed by atoms with Gasteiger partial charge in [-0.25, -0.2) is 54.6 Å². The Hall–Kier alpha value is -13.7. The number of alkyl halides is 1. The number of aromatic nitrogens is 14. The van der Waals surface area contributed by atoms with Crippen LogP contribution in [-0.2, 0) is 19.2 Å². The summed E-state index contributed by atoms with van der Waals surface area (Å²) >= 11 is 12.6. The van der Waals surface area contributed by atoms with Gasteiger partial charge in [0.2, 0.25) is 0 Å². The van der Waals surface area contributed by atoms with E-state index < -0.39 is 40.9 Å². The fourth-order valence-corrected chi connectivity index (χ4v) is 18.3. The second-order valence-electron chi connectivity index (χ2n) is 36.6. The van der Waals surface area contributed by atoms with E-state index in [1.54, 1.807) is 120 Å². The van der Waals surface area contributed by atoms with Gasteiger partial charge in [0.05, 0.1) is 63.4 Å². The van der Waals surface area contributed by atoms with E-state index in [2.05, 4.69) is 204 Å². The molecule has 146 heavy (non-hydrogen) atoms. The van der Waals surface area contributed by atoms with Crippen LogP contribution in [0.5, 0.6) is 0 Å². The lowest BCUT2D eigenvalue weighted by molar-refractivity contribution is -0.139. The molecule has 4 unspecified atom stereocenters. The Bertz CT molecular complexity index is 7460. The molecule has 3 fully saturated rings. The highest BCUT2D eigenvalue weighted by Gasteiger charge is 2.33. The fraction of sp³-hybridized carbons (Fsp3) is 0.273. The number of rotatable bonds is 18. The first-order chi connectivity index (χ1) is 70.0. The van der Waals surface area contributed by atoms with Gasteiger partial charge < -0.3 is 40.7 Å². The zero-order chi connectivity index (χ0) is 104. The third-order valence-electron chi connectivity index (χ3n) is 25.4. The lowest BCUT2D eigenvalue weighted by atomic mass is 9.87. The number of nitrogen functional groups attached to an aromatic ring is 1. The van der Waals surface area contributed by atoms with Gasteiger partial charge in [0.25, 0.3) is 28.1 Å². The van der Waals surface area contributed by atoms with Crippen LogP contribution in [0.3, 0.4) is 0 Å². The van der Waals surface area contributed by atoms with Crippen molar-refractivity contribution in [3.63, 3.8) is 0 Å². The van der Waals surface area contributed by atoms with Gasteiger partial charge in [0.15, 0.2) is 44.2 Å². The smallest absolute Gasteiger partial charge is 0.331 e. The number of aliphatic hydroxyl groups is 2. The number of nitrogens with zero attached hydrogens (tertiary/aromatic N) is 16. The minimum Gasteiger partial charge on any atom is -0.479 e. The lowest BCUT2D eigenvalue weighted by Crippen LogP contribution is -2.44. The second kappa shape index (κ2) is 51.9. The molecule has 3 aliphatic rings. The van der Waals surface area contributed by atoms with Gasteiger partial charge >= 0.3 is 5.97 Å². The summed E-state index contributed by atoms with van der Waals surface area (Å²) in [4.78, 5) is 150. The maximum Gasteiger partial charge on any atom is 0.331 e. The van der Waals surface area contributed by atoms with Crippen molar-refractivity contribution in [2.24, 2.45) is 0 Å². The zero-order valence-electron chi connectivity index (χ0n) is 82.1. The number of ketones is 2. The monoisotopic (exact) mass is 2190 g/mol. The summed E-state index contributed by atoms with van der Waals surface area (Å²) < 4.78 is 5.36. The molecule has 1 amide bonds. The summed E-state index contributed by atoms with van der Waals surface area (Å²) in [6.07, 6.45) is 22.5. The number of aliphatic carboxylic acids is 1. The maximum absolute atomic E-state index is 13.6. The third kappa shape index (κ3) is 29.8. The Labute approximate surface area is 879 Å². The van der Waals surface area contributed by atoms with E-state index in [1.165, 1.54) is 132 Å². The molecule has 7 aromatic carbocycles. The van der Waals surface area contributed by atoms with E-state index in [4.69, 9.17) is 23.8 Å². The molecule has 17 aromatic rings. The number of hydrogen-bond acceptors (Lipinski definition) is 26. The van der Waals surface area contributed by atoms with E-state index >= 15 is 0 Å². The number of aromatic amines is 1. The van der Waals surface area contributed by atoms with Crippen LogP contribution in [0.15, 0.2) is 320 Å². The molecule has 10 aromatic heterocycles. The second-order valence-corrected chi connectivity index (χ2v) is 41.1. The van der Waals surface area contributed by atoms with Gasteiger partial charge in [-0.1, -0.05) is 216 Å². The molecule has 13 heterocycles. The minimum absolute atomic E-state index is 0.133. The predicted molar refractivity (Wildman–Crippen MR) is 589 cm³/mol. The van der Waals surface area contributed by atoms with Crippen LogP contribution in [-0.4, -0.2) is 201 Å². The van der Waals surface area contributed by atoms with E-state index in [0.29, 0.717) is 60.8 Å². The number of pyridine rings is 4. The third-order valence-corrected chi connectivity index (χ3v) is 28.7. The SMILES string of the molecule is CC(=O)C(Br)c1ccccc1.CC(=O)C(c1ccccc1)n1cnc2cc(Br)cnc2c1=O.CC(C)(O)C(C)(C)O.CN1CCC(c2ccc(-c3cnc4c(=O)n(C(C(=O)Nc5nccs5)c5ccccc5)cnc4c3)cc2)CC1.CN1CCC(c2ccc(-c3cnc4c(=O)n(C(C(=O)O)c5ccccc5)cnc4c3)cc2)CC1.Nc1nccs1.O=c1[nH]cnc2cc(Br)cnc12.[B]c1ccc(C2CCN(C)CC2)cc1. The highest BCUT2D eigenvalue weighted by molar-refractivity contribution is 9.10. The molecule has 0 spiro atoms. The highest BCUT2D eigenvalue weighted by Crippen LogP contribution is 2.35. The molecule has 750 valence electrons. The minimum atomic E-state index is -1.17. The van der Waals surface area contributed by atoms with E-state index in [0.717, 1.165) is 84.5 Å². The van der Waals surface area contributed by atoms with E-state index in [1.807, 2.05) is 121 Å². The van der Waals surface area contributed by atoms with Crippen molar-refractivity contribution in [2.45, 2.75) is 132 Å². The number of nitrogens with two attached hydrogens (primary N) is 1. The van der Waals surface area contributed by atoms with E-state index in [-0.39, 0.29) is 55.5 Å². The number of piperidine rings is 3.